The Bertz CT molecular complexity index is 797. The van der Waals surface area contributed by atoms with Gasteiger partial charge in [-0.2, -0.15) is 5.10 Å². The number of nitrogens with zero attached hydrogens (tertiary/aromatic N) is 1. The van der Waals surface area contributed by atoms with Crippen molar-refractivity contribution in [1.29, 1.82) is 0 Å². The van der Waals surface area contributed by atoms with Crippen molar-refractivity contribution in [2.45, 2.75) is 0 Å². The van der Waals surface area contributed by atoms with Gasteiger partial charge in [-0.25, -0.2) is 0 Å². The molecule has 1 heterocycles. The predicted octanol–water partition coefficient (Wildman–Crippen LogP) is 3.05. The number of carbonyl (C=O) groups excluding carboxylic acids is 1. The van der Waals surface area contributed by atoms with Gasteiger partial charge < -0.3 is 11.1 Å². The molecule has 0 aliphatic rings. The molecule has 5 nitrogen and oxygen atoms in total. The summed E-state index contributed by atoms with van der Waals surface area (Å²) >= 11 is 6.01. The average Bonchev–Trinajstić information content (AvgIpc) is 2.82. The second-order valence-electron chi connectivity index (χ2n) is 4.30. The van der Waals surface area contributed by atoms with Crippen molar-refractivity contribution in [3.63, 3.8) is 0 Å². The van der Waals surface area contributed by atoms with Crippen LogP contribution < -0.4 is 11.1 Å². The van der Waals surface area contributed by atoms with Crippen LogP contribution in [-0.2, 0) is 0 Å². The number of hydrogen-bond acceptors (Lipinski definition) is 3. The summed E-state index contributed by atoms with van der Waals surface area (Å²) in [6.45, 7) is 0. The zero-order valence-corrected chi connectivity index (χ0v) is 11.1. The van der Waals surface area contributed by atoms with E-state index in [2.05, 4.69) is 15.5 Å². The molecule has 4 N–H and O–H groups in total. The Balaban J connectivity index is 1.92. The smallest absolute Gasteiger partial charge is 0.255 e. The van der Waals surface area contributed by atoms with Gasteiger partial charge in [0.05, 0.1) is 16.2 Å². The molecule has 6 heteroatoms. The number of rotatable bonds is 2. The Hall–Kier alpha value is -2.53. The highest BCUT2D eigenvalue weighted by atomic mass is 35.5. The van der Waals surface area contributed by atoms with E-state index in [9.17, 15) is 4.79 Å². The molecule has 0 saturated carbocycles. The van der Waals surface area contributed by atoms with Gasteiger partial charge in [0.1, 0.15) is 0 Å². The zero-order chi connectivity index (χ0) is 14.1. The van der Waals surface area contributed by atoms with E-state index in [0.717, 1.165) is 10.9 Å². The molecule has 0 aliphatic carbocycles. The largest absolute Gasteiger partial charge is 0.382 e. The Kier molecular flexibility index (Phi) is 3.04. The van der Waals surface area contributed by atoms with E-state index in [1.807, 2.05) is 0 Å². The van der Waals surface area contributed by atoms with Gasteiger partial charge in [0.15, 0.2) is 5.82 Å². The molecular weight excluding hydrogens is 276 g/mol. The number of benzene rings is 2. The van der Waals surface area contributed by atoms with Crippen LogP contribution in [0.25, 0.3) is 10.9 Å². The van der Waals surface area contributed by atoms with Gasteiger partial charge in [0.25, 0.3) is 5.91 Å². The number of para-hydroxylation sites is 1. The monoisotopic (exact) mass is 286 g/mol. The van der Waals surface area contributed by atoms with E-state index < -0.39 is 0 Å². The van der Waals surface area contributed by atoms with Crippen LogP contribution in [0.15, 0.2) is 42.5 Å². The number of nitrogens with two attached hydrogens (primary N) is 1. The number of H-pyrrole nitrogens is 1. The Labute approximate surface area is 119 Å². The highest BCUT2D eigenvalue weighted by molar-refractivity contribution is 6.33. The van der Waals surface area contributed by atoms with Gasteiger partial charge in [-0.15, -0.1) is 0 Å². The summed E-state index contributed by atoms with van der Waals surface area (Å²) in [5.41, 5.74) is 7.58. The molecule has 3 rings (SSSR count). The third kappa shape index (κ3) is 2.19. The van der Waals surface area contributed by atoms with E-state index >= 15 is 0 Å². The quantitative estimate of drug-likeness (QED) is 0.677. The molecule has 100 valence electrons. The van der Waals surface area contributed by atoms with Crippen LogP contribution in [0.4, 0.5) is 11.5 Å². The third-order valence-electron chi connectivity index (χ3n) is 2.98. The van der Waals surface area contributed by atoms with Crippen molar-refractivity contribution in [2.75, 3.05) is 11.1 Å². The lowest BCUT2D eigenvalue weighted by molar-refractivity contribution is 0.102. The van der Waals surface area contributed by atoms with Crippen molar-refractivity contribution >= 4 is 39.9 Å². The molecule has 0 unspecified atom stereocenters. The van der Waals surface area contributed by atoms with Crippen molar-refractivity contribution in [3.8, 4) is 0 Å². The lowest BCUT2D eigenvalue weighted by Gasteiger charge is -2.07. The molecule has 0 bridgehead atoms. The van der Waals surface area contributed by atoms with Crippen LogP contribution in [0.2, 0.25) is 5.02 Å². The standard InChI is InChI=1S/C14H11ClN4O/c15-10-3-1-2-4-12(10)17-14(20)8-5-6-11-9(7-8)13(16)19-18-11/h1-7H,(H,17,20)(H3,16,18,19). The predicted molar refractivity (Wildman–Crippen MR) is 79.9 cm³/mol. The maximum Gasteiger partial charge on any atom is 0.255 e. The number of anilines is 2. The lowest BCUT2D eigenvalue weighted by atomic mass is 10.1. The first-order chi connectivity index (χ1) is 9.65. The summed E-state index contributed by atoms with van der Waals surface area (Å²) in [4.78, 5) is 12.2. The summed E-state index contributed by atoms with van der Waals surface area (Å²) in [5, 5.41) is 10.6. The van der Waals surface area contributed by atoms with Crippen LogP contribution in [0, 0.1) is 0 Å². The zero-order valence-electron chi connectivity index (χ0n) is 10.4. The summed E-state index contributed by atoms with van der Waals surface area (Å²) in [6.07, 6.45) is 0. The molecule has 0 fully saturated rings. The van der Waals surface area contributed by atoms with Gasteiger partial charge >= 0.3 is 0 Å². The van der Waals surface area contributed by atoms with Crippen molar-refractivity contribution < 1.29 is 4.79 Å². The molecule has 0 atom stereocenters. The number of halogens is 1. The van der Waals surface area contributed by atoms with Crippen molar-refractivity contribution in [3.05, 3.63) is 53.1 Å². The fraction of sp³-hybridized carbons (Fsp3) is 0. The molecule has 0 radical (unpaired) electrons. The first-order valence-corrected chi connectivity index (χ1v) is 6.32. The van der Waals surface area contributed by atoms with Gasteiger partial charge in [0, 0.05) is 10.9 Å². The number of aromatic amines is 1. The normalized spacial score (nSPS) is 10.7. The van der Waals surface area contributed by atoms with Gasteiger partial charge in [0.2, 0.25) is 0 Å². The van der Waals surface area contributed by atoms with Crippen molar-refractivity contribution in [1.82, 2.24) is 10.2 Å². The topological polar surface area (TPSA) is 83.8 Å². The minimum absolute atomic E-state index is 0.249. The van der Waals surface area contributed by atoms with Crippen molar-refractivity contribution in [2.24, 2.45) is 0 Å². The highest BCUT2D eigenvalue weighted by Crippen LogP contribution is 2.23. The van der Waals surface area contributed by atoms with E-state index in [0.29, 0.717) is 22.1 Å². The molecule has 1 aromatic heterocycles. The molecule has 20 heavy (non-hydrogen) atoms. The first-order valence-electron chi connectivity index (χ1n) is 5.94. The minimum atomic E-state index is -0.249. The number of nitrogens with one attached hydrogen (secondary N) is 2. The number of nitrogen functional groups attached to an aromatic ring is 1. The Morgan fingerprint density at radius 2 is 2.05 bits per heavy atom. The Morgan fingerprint density at radius 1 is 1.25 bits per heavy atom. The molecule has 0 spiro atoms. The fourth-order valence-corrected chi connectivity index (χ4v) is 2.12. The van der Waals surface area contributed by atoms with Crippen LogP contribution in [0.1, 0.15) is 10.4 Å². The second kappa shape index (κ2) is 4.86. The third-order valence-corrected chi connectivity index (χ3v) is 3.31. The fourth-order valence-electron chi connectivity index (χ4n) is 1.93. The van der Waals surface area contributed by atoms with Gasteiger partial charge in [-0.1, -0.05) is 23.7 Å². The van der Waals surface area contributed by atoms with Crippen LogP contribution >= 0.6 is 11.6 Å². The van der Waals surface area contributed by atoms with Crippen LogP contribution in [-0.4, -0.2) is 16.1 Å². The number of aromatic nitrogens is 2. The maximum atomic E-state index is 12.2. The summed E-state index contributed by atoms with van der Waals surface area (Å²) in [6, 6.07) is 12.2. The highest BCUT2D eigenvalue weighted by Gasteiger charge is 2.10. The molecule has 0 saturated heterocycles. The SMILES string of the molecule is Nc1n[nH]c2ccc(C(=O)Nc3ccccc3Cl)cc12. The summed E-state index contributed by atoms with van der Waals surface area (Å²) in [5.74, 6) is 0.119. The van der Waals surface area contributed by atoms with E-state index in [4.69, 9.17) is 17.3 Å². The Morgan fingerprint density at radius 3 is 2.85 bits per heavy atom. The second-order valence-corrected chi connectivity index (χ2v) is 4.71. The van der Waals surface area contributed by atoms with E-state index in [1.165, 1.54) is 0 Å². The summed E-state index contributed by atoms with van der Waals surface area (Å²) in [7, 11) is 0. The molecule has 2 aromatic carbocycles. The van der Waals surface area contributed by atoms with E-state index in [-0.39, 0.29) is 5.91 Å². The number of carbonyl (C=O) groups is 1. The lowest BCUT2D eigenvalue weighted by Crippen LogP contribution is -2.12. The number of hydrogen-bond donors (Lipinski definition) is 3. The molecule has 1 amide bonds. The average molecular weight is 287 g/mol. The summed E-state index contributed by atoms with van der Waals surface area (Å²) < 4.78 is 0. The van der Waals surface area contributed by atoms with E-state index in [1.54, 1.807) is 42.5 Å². The van der Waals surface area contributed by atoms with Crippen LogP contribution in [0.5, 0.6) is 0 Å². The van der Waals surface area contributed by atoms with Crippen LogP contribution in [0.3, 0.4) is 0 Å². The minimum Gasteiger partial charge on any atom is -0.382 e. The number of fused-ring (bicyclic) bond motifs is 1. The molecule has 0 aliphatic heterocycles. The molecule has 3 aromatic rings. The van der Waals surface area contributed by atoms with Gasteiger partial charge in [-0.05, 0) is 30.3 Å². The number of amides is 1. The first kappa shape index (κ1) is 12.5. The molecular formula is C14H11ClN4O. The maximum absolute atomic E-state index is 12.2. The van der Waals surface area contributed by atoms with Gasteiger partial charge in [-0.3, -0.25) is 9.89 Å².